The fourth-order valence-corrected chi connectivity index (χ4v) is 2.35. The maximum atomic E-state index is 12.1. The van der Waals surface area contributed by atoms with Gasteiger partial charge < -0.3 is 10.1 Å². The van der Waals surface area contributed by atoms with Gasteiger partial charge in [-0.1, -0.05) is 0 Å². The molecular weight excluding hydrogens is 256 g/mol. The maximum absolute atomic E-state index is 12.1. The maximum Gasteiger partial charge on any atom is 0.252 e. The molecule has 0 bridgehead atoms. The van der Waals surface area contributed by atoms with Crippen LogP contribution in [-0.2, 0) is 4.74 Å². The minimum absolute atomic E-state index is 0.117. The van der Waals surface area contributed by atoms with E-state index in [0.29, 0.717) is 23.7 Å². The normalized spacial score (nSPS) is 16.3. The lowest BCUT2D eigenvalue weighted by molar-refractivity contribution is 0.0741. The van der Waals surface area contributed by atoms with Crippen LogP contribution in [0.4, 0.5) is 0 Å². The Hall–Kier alpha value is -1.95. The van der Waals surface area contributed by atoms with Gasteiger partial charge in [0.15, 0.2) is 5.65 Å². The van der Waals surface area contributed by atoms with Gasteiger partial charge >= 0.3 is 0 Å². The van der Waals surface area contributed by atoms with Crippen molar-refractivity contribution in [3.63, 3.8) is 0 Å². The molecule has 3 rings (SSSR count). The standard InChI is InChI=1S/C14H18N4O2/c1-8-11-5-10(6-15-13(11)18-17-8)14(19)16-7-12(20-2)9-3-4-9/h5-6,9,12H,3-4,7H2,1-2H3,(H,16,19)(H,15,17,18). The number of hydrogen-bond acceptors (Lipinski definition) is 4. The molecule has 1 saturated carbocycles. The predicted octanol–water partition coefficient (Wildman–Crippen LogP) is 1.42. The minimum Gasteiger partial charge on any atom is -0.379 e. The third-order valence-corrected chi connectivity index (χ3v) is 3.78. The molecule has 0 saturated heterocycles. The van der Waals surface area contributed by atoms with Gasteiger partial charge in [-0.3, -0.25) is 9.89 Å². The summed E-state index contributed by atoms with van der Waals surface area (Å²) in [4.78, 5) is 16.3. The van der Waals surface area contributed by atoms with E-state index >= 15 is 0 Å². The number of amides is 1. The number of pyridine rings is 1. The smallest absolute Gasteiger partial charge is 0.252 e. The van der Waals surface area contributed by atoms with Crippen molar-refractivity contribution in [2.24, 2.45) is 5.92 Å². The van der Waals surface area contributed by atoms with Crippen molar-refractivity contribution >= 4 is 16.9 Å². The Balaban J connectivity index is 1.69. The molecule has 6 nitrogen and oxygen atoms in total. The van der Waals surface area contributed by atoms with Crippen LogP contribution in [0.15, 0.2) is 12.3 Å². The molecule has 1 fully saturated rings. The van der Waals surface area contributed by atoms with Gasteiger partial charge in [-0.15, -0.1) is 0 Å². The second kappa shape index (κ2) is 5.20. The van der Waals surface area contributed by atoms with Crippen LogP contribution in [0.3, 0.4) is 0 Å². The van der Waals surface area contributed by atoms with Crippen molar-refractivity contribution in [3.8, 4) is 0 Å². The van der Waals surface area contributed by atoms with E-state index in [1.54, 1.807) is 13.3 Å². The molecule has 2 heterocycles. The van der Waals surface area contributed by atoms with Crippen LogP contribution in [0.5, 0.6) is 0 Å². The van der Waals surface area contributed by atoms with Crippen molar-refractivity contribution in [1.29, 1.82) is 0 Å². The Labute approximate surface area is 116 Å². The zero-order chi connectivity index (χ0) is 14.1. The number of nitrogens with zero attached hydrogens (tertiary/aromatic N) is 2. The quantitative estimate of drug-likeness (QED) is 0.864. The van der Waals surface area contributed by atoms with Gasteiger partial charge in [0.1, 0.15) is 0 Å². The lowest BCUT2D eigenvalue weighted by Gasteiger charge is -2.15. The molecule has 20 heavy (non-hydrogen) atoms. The summed E-state index contributed by atoms with van der Waals surface area (Å²) >= 11 is 0. The van der Waals surface area contributed by atoms with E-state index in [1.807, 2.05) is 13.0 Å². The van der Waals surface area contributed by atoms with E-state index in [1.165, 1.54) is 12.8 Å². The molecule has 1 amide bonds. The summed E-state index contributed by atoms with van der Waals surface area (Å²) in [5.41, 5.74) is 2.09. The van der Waals surface area contributed by atoms with Gasteiger partial charge in [0, 0.05) is 30.9 Å². The van der Waals surface area contributed by atoms with Gasteiger partial charge in [0.25, 0.3) is 5.91 Å². The SMILES string of the molecule is COC(CNC(=O)c1cnc2n[nH]c(C)c2c1)C1CC1. The number of ether oxygens (including phenoxy) is 1. The largest absolute Gasteiger partial charge is 0.379 e. The Kier molecular flexibility index (Phi) is 3.40. The first-order valence-electron chi connectivity index (χ1n) is 6.80. The fourth-order valence-electron chi connectivity index (χ4n) is 2.35. The first kappa shape index (κ1) is 13.1. The van der Waals surface area contributed by atoms with Crippen LogP contribution in [-0.4, -0.2) is 40.8 Å². The molecule has 0 spiro atoms. The van der Waals surface area contributed by atoms with Crippen molar-refractivity contribution < 1.29 is 9.53 Å². The number of fused-ring (bicyclic) bond motifs is 1. The summed E-state index contributed by atoms with van der Waals surface area (Å²) in [6.07, 6.45) is 4.05. The molecule has 1 aliphatic carbocycles. The number of carbonyl (C=O) groups is 1. The molecule has 6 heteroatoms. The van der Waals surface area contributed by atoms with E-state index in [9.17, 15) is 4.79 Å². The number of rotatable bonds is 5. The lowest BCUT2D eigenvalue weighted by Crippen LogP contribution is -2.34. The number of aromatic nitrogens is 3. The Morgan fingerprint density at radius 2 is 2.40 bits per heavy atom. The second-order valence-electron chi connectivity index (χ2n) is 5.27. The third kappa shape index (κ3) is 2.51. The third-order valence-electron chi connectivity index (χ3n) is 3.78. The number of carbonyl (C=O) groups excluding carboxylic acids is 1. The molecule has 2 aromatic heterocycles. The highest BCUT2D eigenvalue weighted by Crippen LogP contribution is 2.33. The van der Waals surface area contributed by atoms with Gasteiger partial charge in [-0.25, -0.2) is 4.98 Å². The molecule has 1 aliphatic rings. The topological polar surface area (TPSA) is 79.9 Å². The number of methoxy groups -OCH3 is 1. The molecule has 1 unspecified atom stereocenters. The Bertz CT molecular complexity index is 633. The first-order valence-corrected chi connectivity index (χ1v) is 6.80. The summed E-state index contributed by atoms with van der Waals surface area (Å²) in [6, 6.07) is 1.81. The van der Waals surface area contributed by atoms with E-state index in [0.717, 1.165) is 11.1 Å². The molecule has 0 aromatic carbocycles. The van der Waals surface area contributed by atoms with Crippen molar-refractivity contribution in [3.05, 3.63) is 23.5 Å². The molecule has 0 aliphatic heterocycles. The Morgan fingerprint density at radius 3 is 3.10 bits per heavy atom. The Morgan fingerprint density at radius 1 is 1.60 bits per heavy atom. The molecule has 2 aromatic rings. The molecule has 0 radical (unpaired) electrons. The fraction of sp³-hybridized carbons (Fsp3) is 0.500. The van der Waals surface area contributed by atoms with E-state index < -0.39 is 0 Å². The van der Waals surface area contributed by atoms with E-state index in [-0.39, 0.29) is 12.0 Å². The molecule has 1 atom stereocenters. The summed E-state index contributed by atoms with van der Waals surface area (Å²) in [7, 11) is 1.69. The summed E-state index contributed by atoms with van der Waals surface area (Å²) < 4.78 is 5.39. The second-order valence-corrected chi connectivity index (χ2v) is 5.27. The zero-order valence-electron chi connectivity index (χ0n) is 11.6. The van der Waals surface area contributed by atoms with Crippen molar-refractivity contribution in [1.82, 2.24) is 20.5 Å². The number of hydrogen-bond donors (Lipinski definition) is 2. The number of H-pyrrole nitrogens is 1. The number of aromatic amines is 1. The van der Waals surface area contributed by atoms with Crippen molar-refractivity contribution in [2.75, 3.05) is 13.7 Å². The number of aryl methyl sites for hydroxylation is 1. The van der Waals surface area contributed by atoms with E-state index in [2.05, 4.69) is 20.5 Å². The van der Waals surface area contributed by atoms with Crippen LogP contribution < -0.4 is 5.32 Å². The van der Waals surface area contributed by atoms with Crippen LogP contribution >= 0.6 is 0 Å². The summed E-state index contributed by atoms with van der Waals surface area (Å²) in [5, 5.41) is 10.7. The molecule has 2 N–H and O–H groups in total. The summed E-state index contributed by atoms with van der Waals surface area (Å²) in [5.74, 6) is 0.472. The summed E-state index contributed by atoms with van der Waals surface area (Å²) in [6.45, 7) is 2.45. The zero-order valence-corrected chi connectivity index (χ0v) is 11.6. The van der Waals surface area contributed by atoms with Gasteiger partial charge in [-0.05, 0) is 31.7 Å². The van der Waals surface area contributed by atoms with Crippen LogP contribution in [0.25, 0.3) is 11.0 Å². The van der Waals surface area contributed by atoms with Gasteiger partial charge in [0.05, 0.1) is 11.7 Å². The minimum atomic E-state index is -0.122. The van der Waals surface area contributed by atoms with Gasteiger partial charge in [0.2, 0.25) is 0 Å². The van der Waals surface area contributed by atoms with Crippen LogP contribution in [0.2, 0.25) is 0 Å². The monoisotopic (exact) mass is 274 g/mol. The molecular formula is C14H18N4O2. The van der Waals surface area contributed by atoms with E-state index in [4.69, 9.17) is 4.74 Å². The average molecular weight is 274 g/mol. The van der Waals surface area contributed by atoms with Crippen LogP contribution in [0, 0.1) is 12.8 Å². The van der Waals surface area contributed by atoms with Gasteiger partial charge in [-0.2, -0.15) is 5.10 Å². The average Bonchev–Trinajstić information content (AvgIpc) is 3.24. The molecule has 106 valence electrons. The van der Waals surface area contributed by atoms with Crippen LogP contribution in [0.1, 0.15) is 28.9 Å². The highest BCUT2D eigenvalue weighted by molar-refractivity contribution is 5.97. The number of nitrogens with one attached hydrogen (secondary N) is 2. The lowest BCUT2D eigenvalue weighted by atomic mass is 10.2. The highest BCUT2D eigenvalue weighted by atomic mass is 16.5. The highest BCUT2D eigenvalue weighted by Gasteiger charge is 2.31. The van der Waals surface area contributed by atoms with Crippen molar-refractivity contribution in [2.45, 2.75) is 25.9 Å². The first-order chi connectivity index (χ1) is 9.69. The predicted molar refractivity (Wildman–Crippen MR) is 74.5 cm³/mol.